The number of ketones is 1. The van der Waals surface area contributed by atoms with Gasteiger partial charge in [0.15, 0.2) is 5.78 Å². The monoisotopic (exact) mass is 380 g/mol. The lowest BCUT2D eigenvalue weighted by atomic mass is 10.0. The number of carbonyl (C=O) groups excluding carboxylic acids is 2. The summed E-state index contributed by atoms with van der Waals surface area (Å²) in [7, 11) is 0. The summed E-state index contributed by atoms with van der Waals surface area (Å²) in [5, 5.41) is 12.2. The SMILES string of the molecule is Cc1nnc(NC(=O)CSCC2=Nc3ccc(Cl)cc3C(=O)C2)s1. The van der Waals surface area contributed by atoms with Gasteiger partial charge >= 0.3 is 0 Å². The van der Waals surface area contributed by atoms with Gasteiger partial charge in [0.25, 0.3) is 0 Å². The van der Waals surface area contributed by atoms with E-state index in [-0.39, 0.29) is 23.9 Å². The third-order valence-corrected chi connectivity index (χ3v) is 5.17. The van der Waals surface area contributed by atoms with Crippen LogP contribution in [0.2, 0.25) is 5.02 Å². The Kier molecular flexibility index (Phi) is 5.27. The normalized spacial score (nSPS) is 13.4. The first-order chi connectivity index (χ1) is 11.5. The van der Waals surface area contributed by atoms with E-state index in [9.17, 15) is 9.59 Å². The van der Waals surface area contributed by atoms with Gasteiger partial charge in [-0.2, -0.15) is 0 Å². The highest BCUT2D eigenvalue weighted by atomic mass is 35.5. The Morgan fingerprint density at radius 3 is 3.00 bits per heavy atom. The summed E-state index contributed by atoms with van der Waals surface area (Å²) >= 11 is 8.64. The molecule has 0 unspecified atom stereocenters. The van der Waals surface area contributed by atoms with Crippen LogP contribution >= 0.6 is 34.7 Å². The first-order valence-electron chi connectivity index (χ1n) is 7.08. The highest BCUT2D eigenvalue weighted by Crippen LogP contribution is 2.29. The van der Waals surface area contributed by atoms with Crippen LogP contribution in [-0.2, 0) is 4.79 Å². The van der Waals surface area contributed by atoms with E-state index in [0.29, 0.717) is 27.2 Å². The molecule has 24 heavy (non-hydrogen) atoms. The number of rotatable bonds is 5. The smallest absolute Gasteiger partial charge is 0.236 e. The van der Waals surface area contributed by atoms with Crippen molar-refractivity contribution >= 4 is 62.9 Å². The Labute approximate surface area is 151 Å². The average molecular weight is 381 g/mol. The van der Waals surface area contributed by atoms with Crippen LogP contribution in [0.1, 0.15) is 21.8 Å². The average Bonchev–Trinajstić information content (AvgIpc) is 2.93. The van der Waals surface area contributed by atoms with Crippen molar-refractivity contribution in [1.29, 1.82) is 0 Å². The quantitative estimate of drug-likeness (QED) is 0.857. The van der Waals surface area contributed by atoms with Gasteiger partial charge in [0, 0.05) is 22.1 Å². The van der Waals surface area contributed by atoms with Gasteiger partial charge in [0.05, 0.1) is 17.9 Å². The molecule has 0 atom stereocenters. The molecule has 0 bridgehead atoms. The number of carbonyl (C=O) groups is 2. The number of aromatic nitrogens is 2. The first kappa shape index (κ1) is 17.1. The van der Waals surface area contributed by atoms with E-state index in [1.165, 1.54) is 23.1 Å². The van der Waals surface area contributed by atoms with Crippen LogP contribution in [0, 0.1) is 6.92 Å². The molecular formula is C15H13ClN4O2S2. The van der Waals surface area contributed by atoms with E-state index in [2.05, 4.69) is 20.5 Å². The molecule has 0 fully saturated rings. The fourth-order valence-corrected chi connectivity index (χ4v) is 3.71. The number of nitrogens with one attached hydrogen (secondary N) is 1. The van der Waals surface area contributed by atoms with Gasteiger partial charge < -0.3 is 0 Å². The van der Waals surface area contributed by atoms with Gasteiger partial charge in [0.1, 0.15) is 5.01 Å². The Balaban J connectivity index is 1.54. The molecule has 0 saturated carbocycles. The number of hydrogen-bond acceptors (Lipinski definition) is 7. The third-order valence-electron chi connectivity index (χ3n) is 3.18. The number of thioether (sulfide) groups is 1. The minimum atomic E-state index is -0.147. The zero-order valence-electron chi connectivity index (χ0n) is 12.7. The Morgan fingerprint density at radius 2 is 2.25 bits per heavy atom. The lowest BCUT2D eigenvalue weighted by Crippen LogP contribution is -2.18. The van der Waals surface area contributed by atoms with Crippen LogP contribution in [0.4, 0.5) is 10.8 Å². The van der Waals surface area contributed by atoms with Gasteiger partial charge in [-0.3, -0.25) is 19.9 Å². The minimum Gasteiger partial charge on any atom is -0.300 e. The van der Waals surface area contributed by atoms with E-state index in [1.807, 2.05) is 6.92 Å². The van der Waals surface area contributed by atoms with Crippen molar-refractivity contribution in [2.24, 2.45) is 4.99 Å². The number of fused-ring (bicyclic) bond motifs is 1. The summed E-state index contributed by atoms with van der Waals surface area (Å²) < 4.78 is 0. The van der Waals surface area contributed by atoms with Crippen molar-refractivity contribution in [2.45, 2.75) is 13.3 Å². The van der Waals surface area contributed by atoms with Gasteiger partial charge in [-0.05, 0) is 25.1 Å². The first-order valence-corrected chi connectivity index (χ1v) is 9.43. The van der Waals surface area contributed by atoms with E-state index >= 15 is 0 Å². The molecule has 2 heterocycles. The summed E-state index contributed by atoms with van der Waals surface area (Å²) in [6.07, 6.45) is 0.261. The summed E-state index contributed by atoms with van der Waals surface area (Å²) in [4.78, 5) is 28.5. The molecule has 1 N–H and O–H groups in total. The molecule has 124 valence electrons. The molecule has 1 aromatic carbocycles. The molecule has 0 spiro atoms. The second kappa shape index (κ2) is 7.42. The largest absolute Gasteiger partial charge is 0.300 e. The Hall–Kier alpha value is -1.77. The molecule has 1 amide bonds. The number of amides is 1. The number of aliphatic imine (C=N–C) groups is 1. The molecule has 1 aliphatic heterocycles. The van der Waals surface area contributed by atoms with Crippen LogP contribution in [0.5, 0.6) is 0 Å². The van der Waals surface area contributed by atoms with E-state index in [4.69, 9.17) is 11.6 Å². The zero-order valence-corrected chi connectivity index (χ0v) is 15.1. The Morgan fingerprint density at radius 1 is 1.42 bits per heavy atom. The van der Waals surface area contributed by atoms with E-state index < -0.39 is 0 Å². The van der Waals surface area contributed by atoms with Crippen LogP contribution in [0.25, 0.3) is 0 Å². The number of hydrogen-bond donors (Lipinski definition) is 1. The molecule has 0 radical (unpaired) electrons. The molecule has 6 nitrogen and oxygen atoms in total. The van der Waals surface area contributed by atoms with Crippen LogP contribution < -0.4 is 5.32 Å². The third kappa shape index (κ3) is 4.19. The molecule has 0 aliphatic carbocycles. The minimum absolute atomic E-state index is 0.00638. The van der Waals surface area contributed by atoms with Gasteiger partial charge in [0.2, 0.25) is 11.0 Å². The van der Waals surface area contributed by atoms with Crippen molar-refractivity contribution in [3.05, 3.63) is 33.8 Å². The Bertz CT molecular complexity index is 835. The highest BCUT2D eigenvalue weighted by molar-refractivity contribution is 8.00. The summed E-state index contributed by atoms with van der Waals surface area (Å²) in [5.74, 6) is 0.647. The maximum atomic E-state index is 12.1. The van der Waals surface area contributed by atoms with Crippen LogP contribution in [-0.4, -0.2) is 39.1 Å². The number of Topliss-reactive ketones (excluding diaryl/α,β-unsaturated/α-hetero) is 1. The molecule has 1 aliphatic rings. The number of aryl methyl sites for hydroxylation is 1. The molecule has 9 heteroatoms. The van der Waals surface area contributed by atoms with Crippen LogP contribution in [0.3, 0.4) is 0 Å². The van der Waals surface area contributed by atoms with Gasteiger partial charge in [-0.15, -0.1) is 22.0 Å². The molecule has 1 aromatic heterocycles. The summed E-state index contributed by atoms with van der Waals surface area (Å²) in [6.45, 7) is 1.82. The van der Waals surface area contributed by atoms with Crippen molar-refractivity contribution < 1.29 is 9.59 Å². The number of nitrogens with zero attached hydrogens (tertiary/aromatic N) is 3. The second-order valence-corrected chi connectivity index (χ2v) is 7.71. The molecule has 3 rings (SSSR count). The van der Waals surface area contributed by atoms with Crippen LogP contribution in [0.15, 0.2) is 23.2 Å². The van der Waals surface area contributed by atoms with Crippen molar-refractivity contribution in [3.8, 4) is 0 Å². The summed E-state index contributed by atoms with van der Waals surface area (Å²) in [6, 6.07) is 5.10. The lowest BCUT2D eigenvalue weighted by Gasteiger charge is -2.14. The number of benzene rings is 1. The van der Waals surface area contributed by atoms with Crippen molar-refractivity contribution in [1.82, 2.24) is 10.2 Å². The maximum absolute atomic E-state index is 12.1. The topological polar surface area (TPSA) is 84.3 Å². The molecule has 2 aromatic rings. The molecular weight excluding hydrogens is 368 g/mol. The van der Waals surface area contributed by atoms with E-state index in [1.54, 1.807) is 18.2 Å². The van der Waals surface area contributed by atoms with Crippen molar-refractivity contribution in [3.63, 3.8) is 0 Å². The highest BCUT2D eigenvalue weighted by Gasteiger charge is 2.20. The predicted octanol–water partition coefficient (Wildman–Crippen LogP) is 3.53. The number of anilines is 1. The summed E-state index contributed by atoms with van der Waals surface area (Å²) in [5.41, 5.74) is 1.96. The number of halogens is 1. The second-order valence-electron chi connectivity index (χ2n) is 5.11. The lowest BCUT2D eigenvalue weighted by molar-refractivity contribution is -0.113. The zero-order chi connectivity index (χ0) is 17.1. The molecule has 0 saturated heterocycles. The maximum Gasteiger partial charge on any atom is 0.236 e. The fourth-order valence-electron chi connectivity index (χ4n) is 2.17. The van der Waals surface area contributed by atoms with Crippen molar-refractivity contribution in [2.75, 3.05) is 16.8 Å². The standard InChI is InChI=1S/C15H13ClN4O2S2/c1-8-19-20-15(24-8)18-14(22)7-23-6-10-5-13(21)11-4-9(16)2-3-12(11)17-10/h2-4H,5-7H2,1H3,(H,18,20,22). The fraction of sp³-hybridized carbons (Fsp3) is 0.267. The van der Waals surface area contributed by atoms with E-state index in [0.717, 1.165) is 10.7 Å². The van der Waals surface area contributed by atoms with Gasteiger partial charge in [-0.25, -0.2) is 0 Å². The predicted molar refractivity (Wildman–Crippen MR) is 98.1 cm³/mol. The van der Waals surface area contributed by atoms with Gasteiger partial charge in [-0.1, -0.05) is 22.9 Å².